The summed E-state index contributed by atoms with van der Waals surface area (Å²) in [6, 6.07) is 12.2. The van der Waals surface area contributed by atoms with Crippen molar-refractivity contribution in [2.24, 2.45) is 5.92 Å². The molecule has 0 unspecified atom stereocenters. The van der Waals surface area contributed by atoms with Crippen molar-refractivity contribution in [2.45, 2.75) is 32.1 Å². The van der Waals surface area contributed by atoms with Gasteiger partial charge in [-0.2, -0.15) is 0 Å². The van der Waals surface area contributed by atoms with Gasteiger partial charge in [0, 0.05) is 51.0 Å². The van der Waals surface area contributed by atoms with E-state index >= 15 is 0 Å². The SMILES string of the molecule is Cc1ncccc1N1CC(C(=O)Nc2ccc(C3CCN(C(=O)CCN(C)C)CC3)cc2)C1. The second kappa shape index (κ2) is 10.3. The fraction of sp³-hybridized carbons (Fsp3) is 0.500. The molecule has 1 aromatic carbocycles. The first-order valence-electron chi connectivity index (χ1n) is 11.9. The van der Waals surface area contributed by atoms with Gasteiger partial charge in [0.25, 0.3) is 0 Å². The highest BCUT2D eigenvalue weighted by Gasteiger charge is 2.33. The van der Waals surface area contributed by atoms with Crippen LogP contribution in [0.3, 0.4) is 0 Å². The second-order valence-corrected chi connectivity index (χ2v) is 9.53. The first-order chi connectivity index (χ1) is 15.9. The summed E-state index contributed by atoms with van der Waals surface area (Å²) in [5, 5.41) is 3.07. The summed E-state index contributed by atoms with van der Waals surface area (Å²) in [5.41, 5.74) is 4.23. The minimum atomic E-state index is -0.00126. The molecule has 0 aliphatic carbocycles. The van der Waals surface area contributed by atoms with Gasteiger partial charge < -0.3 is 20.0 Å². The van der Waals surface area contributed by atoms with Crippen LogP contribution < -0.4 is 10.2 Å². The third-order valence-corrected chi connectivity index (χ3v) is 6.84. The largest absolute Gasteiger partial charge is 0.368 e. The van der Waals surface area contributed by atoms with Crippen LogP contribution in [0, 0.1) is 12.8 Å². The molecule has 0 saturated carbocycles. The number of hydrogen-bond acceptors (Lipinski definition) is 5. The summed E-state index contributed by atoms with van der Waals surface area (Å²) >= 11 is 0. The fourth-order valence-electron chi connectivity index (χ4n) is 4.67. The van der Waals surface area contributed by atoms with Crippen LogP contribution in [0.1, 0.15) is 36.4 Å². The first-order valence-corrected chi connectivity index (χ1v) is 11.9. The van der Waals surface area contributed by atoms with Gasteiger partial charge in [0.05, 0.1) is 17.3 Å². The Morgan fingerprint density at radius 2 is 1.79 bits per heavy atom. The number of carbonyl (C=O) groups excluding carboxylic acids is 2. The van der Waals surface area contributed by atoms with Crippen molar-refractivity contribution < 1.29 is 9.59 Å². The summed E-state index contributed by atoms with van der Waals surface area (Å²) in [6.07, 6.45) is 4.37. The number of nitrogens with one attached hydrogen (secondary N) is 1. The zero-order valence-corrected chi connectivity index (χ0v) is 20.0. The highest BCUT2D eigenvalue weighted by Crippen LogP contribution is 2.30. The molecule has 7 heteroatoms. The summed E-state index contributed by atoms with van der Waals surface area (Å²) < 4.78 is 0. The minimum absolute atomic E-state index is 0.00126. The molecule has 1 aromatic heterocycles. The Hall–Kier alpha value is -2.93. The van der Waals surface area contributed by atoms with Crippen LogP contribution in [0.4, 0.5) is 11.4 Å². The Kier molecular flexibility index (Phi) is 7.28. The van der Waals surface area contributed by atoms with E-state index in [4.69, 9.17) is 0 Å². The van der Waals surface area contributed by atoms with Crippen LogP contribution in [0.15, 0.2) is 42.6 Å². The molecule has 1 N–H and O–H groups in total. The molecular formula is C26H35N5O2. The monoisotopic (exact) mass is 449 g/mol. The van der Waals surface area contributed by atoms with Gasteiger partial charge in [-0.05, 0) is 69.6 Å². The average Bonchev–Trinajstić information content (AvgIpc) is 2.78. The van der Waals surface area contributed by atoms with Crippen molar-refractivity contribution in [1.29, 1.82) is 0 Å². The van der Waals surface area contributed by atoms with E-state index in [1.165, 1.54) is 5.56 Å². The van der Waals surface area contributed by atoms with Crippen LogP contribution in [-0.2, 0) is 9.59 Å². The van der Waals surface area contributed by atoms with Gasteiger partial charge >= 0.3 is 0 Å². The van der Waals surface area contributed by atoms with E-state index in [0.29, 0.717) is 12.3 Å². The maximum absolute atomic E-state index is 12.6. The van der Waals surface area contributed by atoms with Crippen LogP contribution in [0.25, 0.3) is 0 Å². The topological polar surface area (TPSA) is 68.8 Å². The molecule has 0 spiro atoms. The van der Waals surface area contributed by atoms with Crippen LogP contribution in [0.2, 0.25) is 0 Å². The maximum atomic E-state index is 12.6. The van der Waals surface area contributed by atoms with Gasteiger partial charge in [0.2, 0.25) is 11.8 Å². The number of likely N-dealkylation sites (tertiary alicyclic amines) is 1. The quantitative estimate of drug-likeness (QED) is 0.703. The number of amides is 2. The molecule has 33 heavy (non-hydrogen) atoms. The number of aryl methyl sites for hydroxylation is 1. The van der Waals surface area contributed by atoms with E-state index < -0.39 is 0 Å². The lowest BCUT2D eigenvalue weighted by molar-refractivity contribution is -0.132. The number of piperidine rings is 1. The van der Waals surface area contributed by atoms with Crippen LogP contribution in [-0.4, -0.2) is 73.4 Å². The highest BCUT2D eigenvalue weighted by atomic mass is 16.2. The van der Waals surface area contributed by atoms with Gasteiger partial charge in [-0.15, -0.1) is 0 Å². The fourth-order valence-corrected chi connectivity index (χ4v) is 4.67. The van der Waals surface area contributed by atoms with Gasteiger partial charge in [0.15, 0.2) is 0 Å². The number of anilines is 2. The zero-order chi connectivity index (χ0) is 23.4. The predicted molar refractivity (Wildman–Crippen MR) is 131 cm³/mol. The molecule has 2 saturated heterocycles. The lowest BCUT2D eigenvalue weighted by Crippen LogP contribution is -2.52. The Morgan fingerprint density at radius 3 is 2.42 bits per heavy atom. The summed E-state index contributed by atoms with van der Waals surface area (Å²) in [5.74, 6) is 0.799. The second-order valence-electron chi connectivity index (χ2n) is 9.53. The van der Waals surface area contributed by atoms with Crippen molar-refractivity contribution in [3.63, 3.8) is 0 Å². The lowest BCUT2D eigenvalue weighted by Gasteiger charge is -2.40. The Bertz CT molecular complexity index is 961. The third-order valence-electron chi connectivity index (χ3n) is 6.84. The molecular weight excluding hydrogens is 414 g/mol. The molecule has 4 rings (SSSR count). The standard InChI is InChI=1S/C26H35N5O2/c1-19-24(5-4-13-27-19)31-17-22(18-31)26(33)28-23-8-6-20(7-9-23)21-10-15-30(16-11-21)25(32)12-14-29(2)3/h4-9,13,21-22H,10-12,14-18H2,1-3H3,(H,28,33). The van der Waals surface area contributed by atoms with E-state index in [2.05, 4.69) is 33.4 Å². The van der Waals surface area contributed by atoms with Crippen molar-refractivity contribution in [1.82, 2.24) is 14.8 Å². The Morgan fingerprint density at radius 1 is 1.09 bits per heavy atom. The molecule has 2 aliphatic rings. The molecule has 0 atom stereocenters. The van der Waals surface area contributed by atoms with Gasteiger partial charge in [0.1, 0.15) is 0 Å². The van der Waals surface area contributed by atoms with Crippen molar-refractivity contribution in [3.05, 3.63) is 53.9 Å². The lowest BCUT2D eigenvalue weighted by atomic mass is 9.89. The molecule has 7 nitrogen and oxygen atoms in total. The molecule has 176 valence electrons. The molecule has 2 fully saturated rings. The molecule has 2 aliphatic heterocycles. The van der Waals surface area contributed by atoms with E-state index in [9.17, 15) is 9.59 Å². The number of benzene rings is 1. The molecule has 3 heterocycles. The van der Waals surface area contributed by atoms with Crippen molar-refractivity contribution in [3.8, 4) is 0 Å². The summed E-state index contributed by atoms with van der Waals surface area (Å²) in [6.45, 7) is 5.89. The van der Waals surface area contributed by atoms with E-state index in [1.807, 2.05) is 49.0 Å². The van der Waals surface area contributed by atoms with Crippen LogP contribution >= 0.6 is 0 Å². The normalized spacial score (nSPS) is 17.2. The van der Waals surface area contributed by atoms with E-state index in [1.54, 1.807) is 6.20 Å². The number of aromatic nitrogens is 1. The van der Waals surface area contributed by atoms with Crippen molar-refractivity contribution >= 4 is 23.2 Å². The number of carbonyl (C=O) groups is 2. The number of hydrogen-bond donors (Lipinski definition) is 1. The minimum Gasteiger partial charge on any atom is -0.368 e. The molecule has 0 bridgehead atoms. The molecule has 2 amide bonds. The predicted octanol–water partition coefficient (Wildman–Crippen LogP) is 3.12. The highest BCUT2D eigenvalue weighted by molar-refractivity contribution is 5.94. The Labute approximate surface area is 196 Å². The molecule has 2 aromatic rings. The van der Waals surface area contributed by atoms with Crippen LogP contribution in [0.5, 0.6) is 0 Å². The first kappa shape index (κ1) is 23.2. The molecule has 0 radical (unpaired) electrons. The number of rotatable bonds is 7. The number of nitrogens with zero attached hydrogens (tertiary/aromatic N) is 4. The average molecular weight is 450 g/mol. The maximum Gasteiger partial charge on any atom is 0.231 e. The van der Waals surface area contributed by atoms with Gasteiger partial charge in [-0.3, -0.25) is 14.6 Å². The van der Waals surface area contributed by atoms with E-state index in [0.717, 1.165) is 62.6 Å². The zero-order valence-electron chi connectivity index (χ0n) is 20.0. The summed E-state index contributed by atoms with van der Waals surface area (Å²) in [7, 11) is 3.99. The summed E-state index contributed by atoms with van der Waals surface area (Å²) in [4.78, 5) is 35.6. The van der Waals surface area contributed by atoms with E-state index in [-0.39, 0.29) is 17.7 Å². The Balaban J connectivity index is 1.23. The third kappa shape index (κ3) is 5.71. The van der Waals surface area contributed by atoms with Crippen molar-refractivity contribution in [2.75, 3.05) is 57.0 Å². The smallest absolute Gasteiger partial charge is 0.231 e. The van der Waals surface area contributed by atoms with Gasteiger partial charge in [-0.25, -0.2) is 0 Å². The van der Waals surface area contributed by atoms with Gasteiger partial charge in [-0.1, -0.05) is 12.1 Å². The number of pyridine rings is 1.